The van der Waals surface area contributed by atoms with Gasteiger partial charge in [0, 0.05) is 10.9 Å². The van der Waals surface area contributed by atoms with E-state index in [9.17, 15) is 5.11 Å². The Morgan fingerprint density at radius 2 is 2.19 bits per heavy atom. The molecule has 1 unspecified atom stereocenters. The van der Waals surface area contributed by atoms with Crippen molar-refractivity contribution in [1.82, 2.24) is 0 Å². The quantitative estimate of drug-likeness (QED) is 0.920. The molecule has 0 aliphatic heterocycles. The third kappa shape index (κ3) is 2.58. The minimum absolute atomic E-state index is 0.464. The highest BCUT2D eigenvalue weighted by molar-refractivity contribution is 9.10. The molecule has 1 aromatic rings. The highest BCUT2D eigenvalue weighted by Crippen LogP contribution is 2.42. The van der Waals surface area contributed by atoms with Gasteiger partial charge in [-0.3, -0.25) is 0 Å². The summed E-state index contributed by atoms with van der Waals surface area (Å²) >= 11 is 3.52. The van der Waals surface area contributed by atoms with E-state index in [-0.39, 0.29) is 0 Å². The number of halogens is 1. The molecule has 88 valence electrons. The van der Waals surface area contributed by atoms with Crippen LogP contribution in [0.15, 0.2) is 22.7 Å². The van der Waals surface area contributed by atoms with Crippen LogP contribution in [-0.2, 0) is 6.42 Å². The van der Waals surface area contributed by atoms with Gasteiger partial charge in [0.15, 0.2) is 0 Å². The minimum atomic E-state index is -0.588. The molecule has 0 bridgehead atoms. The summed E-state index contributed by atoms with van der Waals surface area (Å²) in [4.78, 5) is 0. The van der Waals surface area contributed by atoms with Gasteiger partial charge in [0.1, 0.15) is 5.75 Å². The fourth-order valence-electron chi connectivity index (χ4n) is 2.05. The molecule has 2 nitrogen and oxygen atoms in total. The Morgan fingerprint density at radius 1 is 1.50 bits per heavy atom. The zero-order chi connectivity index (χ0) is 11.8. The van der Waals surface area contributed by atoms with Crippen molar-refractivity contribution in [2.24, 2.45) is 5.92 Å². The Labute approximate surface area is 105 Å². The molecule has 1 aromatic carbocycles. The Hall–Kier alpha value is -0.540. The molecule has 1 N–H and O–H groups in total. The third-order valence-corrected chi connectivity index (χ3v) is 4.03. The van der Waals surface area contributed by atoms with Crippen molar-refractivity contribution in [3.63, 3.8) is 0 Å². The third-order valence-electron chi connectivity index (χ3n) is 3.26. The van der Waals surface area contributed by atoms with E-state index in [1.807, 2.05) is 25.1 Å². The maximum atomic E-state index is 10.3. The van der Waals surface area contributed by atoms with Gasteiger partial charge in [-0.25, -0.2) is 0 Å². The Bertz CT molecular complexity index is 384. The van der Waals surface area contributed by atoms with E-state index in [1.165, 1.54) is 0 Å². The van der Waals surface area contributed by atoms with Crippen LogP contribution in [0.4, 0.5) is 0 Å². The first-order valence-electron chi connectivity index (χ1n) is 5.58. The molecule has 1 aliphatic carbocycles. The highest BCUT2D eigenvalue weighted by atomic mass is 79.9. The molecular formula is C13H17BrO2. The zero-order valence-electron chi connectivity index (χ0n) is 9.66. The van der Waals surface area contributed by atoms with Gasteiger partial charge >= 0.3 is 0 Å². The van der Waals surface area contributed by atoms with E-state index in [0.717, 1.165) is 28.6 Å². The van der Waals surface area contributed by atoms with Crippen LogP contribution >= 0.6 is 15.9 Å². The molecule has 1 fully saturated rings. The molecule has 1 atom stereocenters. The summed E-state index contributed by atoms with van der Waals surface area (Å²) in [6.45, 7) is 1.93. The van der Waals surface area contributed by atoms with Crippen LogP contribution in [0.5, 0.6) is 5.75 Å². The Balaban J connectivity index is 2.19. The monoisotopic (exact) mass is 284 g/mol. The van der Waals surface area contributed by atoms with Crippen molar-refractivity contribution in [3.05, 3.63) is 28.2 Å². The van der Waals surface area contributed by atoms with Gasteiger partial charge in [-0.15, -0.1) is 0 Å². The molecule has 16 heavy (non-hydrogen) atoms. The molecule has 3 heteroatoms. The van der Waals surface area contributed by atoms with Crippen LogP contribution in [0.1, 0.15) is 25.3 Å². The smallest absolute Gasteiger partial charge is 0.119 e. The zero-order valence-corrected chi connectivity index (χ0v) is 11.3. The molecule has 1 saturated carbocycles. The number of hydrogen-bond donors (Lipinski definition) is 1. The lowest BCUT2D eigenvalue weighted by Gasteiger charge is -2.23. The van der Waals surface area contributed by atoms with Gasteiger partial charge < -0.3 is 9.84 Å². The number of aliphatic hydroxyl groups is 1. The normalized spacial score (nSPS) is 19.2. The van der Waals surface area contributed by atoms with Crippen LogP contribution in [-0.4, -0.2) is 17.8 Å². The van der Waals surface area contributed by atoms with Crippen molar-refractivity contribution < 1.29 is 9.84 Å². The standard InChI is InChI=1S/C13H17BrO2/c1-13(15,10-3-4-10)8-9-7-11(16-2)5-6-12(9)14/h5-7,10,15H,3-4,8H2,1-2H3. The minimum Gasteiger partial charge on any atom is -0.497 e. The lowest BCUT2D eigenvalue weighted by molar-refractivity contribution is 0.0370. The van der Waals surface area contributed by atoms with Crippen LogP contribution in [0.3, 0.4) is 0 Å². The lowest BCUT2D eigenvalue weighted by atomic mass is 9.92. The van der Waals surface area contributed by atoms with E-state index < -0.39 is 5.60 Å². The number of benzene rings is 1. The molecule has 1 aliphatic rings. The molecule has 0 amide bonds. The summed E-state index contributed by atoms with van der Waals surface area (Å²) in [5.41, 5.74) is 0.519. The molecule has 0 aromatic heterocycles. The SMILES string of the molecule is COc1ccc(Br)c(CC(C)(O)C2CC2)c1. The molecule has 0 radical (unpaired) electrons. The van der Waals surface area contributed by atoms with Crippen molar-refractivity contribution in [1.29, 1.82) is 0 Å². The van der Waals surface area contributed by atoms with Gasteiger partial charge in [0.05, 0.1) is 12.7 Å². The summed E-state index contributed by atoms with van der Waals surface area (Å²) in [5.74, 6) is 1.30. The number of rotatable bonds is 4. The highest BCUT2D eigenvalue weighted by Gasteiger charge is 2.40. The van der Waals surface area contributed by atoms with Crippen LogP contribution < -0.4 is 4.74 Å². The summed E-state index contributed by atoms with van der Waals surface area (Å²) in [5, 5.41) is 10.3. The summed E-state index contributed by atoms with van der Waals surface area (Å²) in [7, 11) is 1.66. The Kier molecular flexibility index (Phi) is 3.27. The molecule has 2 rings (SSSR count). The maximum Gasteiger partial charge on any atom is 0.119 e. The molecule has 0 spiro atoms. The first-order chi connectivity index (χ1) is 7.53. The van der Waals surface area contributed by atoms with Crippen molar-refractivity contribution in [3.8, 4) is 5.75 Å². The molecule has 0 heterocycles. The van der Waals surface area contributed by atoms with Crippen LogP contribution in [0.2, 0.25) is 0 Å². The summed E-state index contributed by atoms with van der Waals surface area (Å²) in [6.07, 6.45) is 2.97. The number of hydrogen-bond acceptors (Lipinski definition) is 2. The second-order valence-corrected chi connectivity index (χ2v) is 5.62. The predicted molar refractivity (Wildman–Crippen MR) is 67.7 cm³/mol. The second-order valence-electron chi connectivity index (χ2n) is 4.77. The fourth-order valence-corrected chi connectivity index (χ4v) is 2.44. The topological polar surface area (TPSA) is 29.5 Å². The summed E-state index contributed by atoms with van der Waals surface area (Å²) < 4.78 is 6.23. The average Bonchev–Trinajstić information content (AvgIpc) is 3.04. The van der Waals surface area contributed by atoms with Crippen LogP contribution in [0, 0.1) is 5.92 Å². The maximum absolute atomic E-state index is 10.3. The Morgan fingerprint density at radius 3 is 2.75 bits per heavy atom. The number of ether oxygens (including phenoxy) is 1. The van der Waals surface area contributed by atoms with E-state index in [2.05, 4.69) is 15.9 Å². The van der Waals surface area contributed by atoms with Crippen LogP contribution in [0.25, 0.3) is 0 Å². The van der Waals surface area contributed by atoms with Crippen molar-refractivity contribution in [2.75, 3.05) is 7.11 Å². The first kappa shape index (κ1) is 11.9. The van der Waals surface area contributed by atoms with Gasteiger partial charge in [-0.1, -0.05) is 15.9 Å². The predicted octanol–water partition coefficient (Wildman–Crippen LogP) is 3.16. The van der Waals surface area contributed by atoms with E-state index in [4.69, 9.17) is 4.74 Å². The van der Waals surface area contributed by atoms with Gasteiger partial charge in [-0.05, 0) is 49.4 Å². The summed E-state index contributed by atoms with van der Waals surface area (Å²) in [6, 6.07) is 5.87. The van der Waals surface area contributed by atoms with Gasteiger partial charge in [0.25, 0.3) is 0 Å². The van der Waals surface area contributed by atoms with E-state index in [1.54, 1.807) is 7.11 Å². The van der Waals surface area contributed by atoms with Gasteiger partial charge in [0.2, 0.25) is 0 Å². The largest absolute Gasteiger partial charge is 0.497 e. The molecule has 0 saturated heterocycles. The fraction of sp³-hybridized carbons (Fsp3) is 0.538. The number of methoxy groups -OCH3 is 1. The van der Waals surface area contributed by atoms with E-state index >= 15 is 0 Å². The van der Waals surface area contributed by atoms with Crippen molar-refractivity contribution >= 4 is 15.9 Å². The lowest BCUT2D eigenvalue weighted by Crippen LogP contribution is -2.29. The van der Waals surface area contributed by atoms with E-state index in [0.29, 0.717) is 12.3 Å². The second kappa shape index (κ2) is 4.38. The van der Waals surface area contributed by atoms with Crippen molar-refractivity contribution in [2.45, 2.75) is 31.8 Å². The average molecular weight is 285 g/mol. The first-order valence-corrected chi connectivity index (χ1v) is 6.37. The van der Waals surface area contributed by atoms with Gasteiger partial charge in [-0.2, -0.15) is 0 Å². The molecular weight excluding hydrogens is 268 g/mol.